The van der Waals surface area contributed by atoms with Gasteiger partial charge in [-0.3, -0.25) is 4.90 Å². The summed E-state index contributed by atoms with van der Waals surface area (Å²) in [6, 6.07) is 7.69. The van der Waals surface area contributed by atoms with Gasteiger partial charge in [-0.05, 0) is 38.5 Å². The van der Waals surface area contributed by atoms with Crippen LogP contribution in [0.4, 0.5) is 0 Å². The Morgan fingerprint density at radius 2 is 1.88 bits per heavy atom. The van der Waals surface area contributed by atoms with Crippen molar-refractivity contribution in [2.75, 3.05) is 13.1 Å². The highest BCUT2D eigenvalue weighted by Crippen LogP contribution is 2.41. The summed E-state index contributed by atoms with van der Waals surface area (Å²) in [5, 5.41) is 15.8. The molecule has 0 bridgehead atoms. The molecule has 0 radical (unpaired) electrons. The molecular weight excluding hydrogens is 372 g/mol. The zero-order chi connectivity index (χ0) is 18.4. The van der Waals surface area contributed by atoms with Crippen LogP contribution in [0.5, 0.6) is 5.88 Å². The monoisotopic (exact) mass is 392 g/mol. The van der Waals surface area contributed by atoms with Gasteiger partial charge in [-0.25, -0.2) is 4.98 Å². The number of benzene rings is 1. The van der Waals surface area contributed by atoms with Crippen molar-refractivity contribution in [3.63, 3.8) is 0 Å². The molecule has 1 saturated heterocycles. The summed E-state index contributed by atoms with van der Waals surface area (Å²) < 4.78 is 7.41. The first-order chi connectivity index (χ1) is 12.4. The van der Waals surface area contributed by atoms with Gasteiger partial charge < -0.3 is 9.84 Å². The van der Waals surface area contributed by atoms with E-state index in [9.17, 15) is 5.11 Å². The van der Waals surface area contributed by atoms with Crippen LogP contribution in [0.2, 0.25) is 5.02 Å². The summed E-state index contributed by atoms with van der Waals surface area (Å²) in [4.78, 5) is 8.29. The van der Waals surface area contributed by atoms with E-state index in [1.54, 1.807) is 0 Å². The van der Waals surface area contributed by atoms with E-state index in [1.807, 2.05) is 31.2 Å². The number of fused-ring (bicyclic) bond motifs is 1. The molecule has 8 heteroatoms. The molecule has 3 heterocycles. The second-order valence-electron chi connectivity index (χ2n) is 6.81. The standard InChI is InChI=1S/C18H21ClN4O2S/c1-10-8-22(9-11(2)25-10)15(13-4-6-14(19)7-5-13)16-17(24)23-18(26-16)20-12(3)21-23/h4-7,10-11,15,24H,8-9H2,1-3H3/t10-,11-,15-/m0/s1. The van der Waals surface area contributed by atoms with Crippen LogP contribution in [-0.4, -0.2) is 49.9 Å². The highest BCUT2D eigenvalue weighted by molar-refractivity contribution is 7.17. The Kier molecular flexibility index (Phi) is 4.64. The molecule has 1 aliphatic heterocycles. The topological polar surface area (TPSA) is 62.9 Å². The van der Waals surface area contributed by atoms with Gasteiger partial charge in [-0.15, -0.1) is 5.10 Å². The molecule has 26 heavy (non-hydrogen) atoms. The van der Waals surface area contributed by atoms with Crippen molar-refractivity contribution in [2.24, 2.45) is 0 Å². The molecule has 0 spiro atoms. The van der Waals surface area contributed by atoms with Crippen molar-refractivity contribution in [1.29, 1.82) is 0 Å². The number of halogens is 1. The van der Waals surface area contributed by atoms with Gasteiger partial charge in [-0.2, -0.15) is 4.52 Å². The molecule has 2 aromatic heterocycles. The fraction of sp³-hybridized carbons (Fsp3) is 0.444. The third-order valence-electron chi connectivity index (χ3n) is 4.55. The summed E-state index contributed by atoms with van der Waals surface area (Å²) in [5.74, 6) is 0.798. The highest BCUT2D eigenvalue weighted by atomic mass is 35.5. The Hall–Kier alpha value is -1.67. The molecule has 6 nitrogen and oxygen atoms in total. The maximum Gasteiger partial charge on any atom is 0.230 e. The first-order valence-corrected chi connectivity index (χ1v) is 9.82. The lowest BCUT2D eigenvalue weighted by Gasteiger charge is -2.40. The van der Waals surface area contributed by atoms with Crippen LogP contribution in [0.25, 0.3) is 4.96 Å². The Morgan fingerprint density at radius 1 is 1.23 bits per heavy atom. The van der Waals surface area contributed by atoms with Gasteiger partial charge in [0, 0.05) is 18.1 Å². The number of aromatic nitrogens is 3. The van der Waals surface area contributed by atoms with Gasteiger partial charge in [0.25, 0.3) is 0 Å². The third-order valence-corrected chi connectivity index (χ3v) is 5.88. The Labute approximate surface area is 161 Å². The Bertz CT molecular complexity index is 913. The quantitative estimate of drug-likeness (QED) is 0.737. The molecule has 1 aromatic carbocycles. The SMILES string of the molecule is Cc1nc2sc([C@H](c3ccc(Cl)cc3)N3C[C@H](C)O[C@@H](C)C3)c(O)n2n1. The second-order valence-corrected chi connectivity index (χ2v) is 8.25. The Morgan fingerprint density at radius 3 is 2.50 bits per heavy atom. The number of morpholine rings is 1. The largest absolute Gasteiger partial charge is 0.492 e. The van der Waals surface area contributed by atoms with Crippen LogP contribution in [0.1, 0.15) is 36.2 Å². The van der Waals surface area contributed by atoms with E-state index in [2.05, 4.69) is 28.8 Å². The molecule has 138 valence electrons. The van der Waals surface area contributed by atoms with Crippen molar-refractivity contribution in [2.45, 2.75) is 39.0 Å². The third kappa shape index (κ3) is 3.20. The number of rotatable bonds is 3. The number of aromatic hydroxyl groups is 1. The lowest BCUT2D eigenvalue weighted by atomic mass is 10.0. The maximum absolute atomic E-state index is 10.8. The van der Waals surface area contributed by atoms with Crippen LogP contribution in [-0.2, 0) is 4.74 Å². The van der Waals surface area contributed by atoms with Crippen molar-refractivity contribution in [1.82, 2.24) is 19.5 Å². The number of ether oxygens (including phenoxy) is 1. The minimum absolute atomic E-state index is 0.102. The molecule has 3 aromatic rings. The molecule has 1 fully saturated rings. The van der Waals surface area contributed by atoms with E-state index in [1.165, 1.54) is 15.9 Å². The predicted octanol–water partition coefficient (Wildman–Crippen LogP) is 3.66. The second kappa shape index (κ2) is 6.81. The zero-order valence-corrected chi connectivity index (χ0v) is 16.5. The molecular formula is C18H21ClN4O2S. The van der Waals surface area contributed by atoms with E-state index in [0.29, 0.717) is 15.8 Å². The fourth-order valence-electron chi connectivity index (χ4n) is 3.63. The molecule has 3 atom stereocenters. The minimum atomic E-state index is -0.102. The van der Waals surface area contributed by atoms with E-state index in [-0.39, 0.29) is 24.1 Å². The lowest BCUT2D eigenvalue weighted by Crippen LogP contribution is -2.47. The van der Waals surface area contributed by atoms with Crippen LogP contribution in [0, 0.1) is 6.92 Å². The average Bonchev–Trinajstić information content (AvgIpc) is 3.07. The van der Waals surface area contributed by atoms with Crippen LogP contribution in [0.3, 0.4) is 0 Å². The molecule has 0 unspecified atom stereocenters. The van der Waals surface area contributed by atoms with Crippen molar-refractivity contribution in [3.05, 3.63) is 45.6 Å². The van der Waals surface area contributed by atoms with Gasteiger partial charge in [0.1, 0.15) is 5.82 Å². The zero-order valence-electron chi connectivity index (χ0n) is 14.9. The van der Waals surface area contributed by atoms with Crippen molar-refractivity contribution < 1.29 is 9.84 Å². The predicted molar refractivity (Wildman–Crippen MR) is 102 cm³/mol. The molecule has 0 saturated carbocycles. The number of aryl methyl sites for hydroxylation is 1. The summed E-state index contributed by atoms with van der Waals surface area (Å²) in [7, 11) is 0. The first-order valence-electron chi connectivity index (χ1n) is 8.62. The van der Waals surface area contributed by atoms with Crippen LogP contribution >= 0.6 is 22.9 Å². The molecule has 1 N–H and O–H groups in total. The van der Waals surface area contributed by atoms with Gasteiger partial charge in [0.05, 0.1) is 23.1 Å². The fourth-order valence-corrected chi connectivity index (χ4v) is 4.92. The average molecular weight is 393 g/mol. The van der Waals surface area contributed by atoms with Gasteiger partial charge in [0.15, 0.2) is 0 Å². The van der Waals surface area contributed by atoms with E-state index < -0.39 is 0 Å². The van der Waals surface area contributed by atoms with Gasteiger partial charge in [-0.1, -0.05) is 35.1 Å². The Balaban J connectivity index is 1.82. The number of hydrogen-bond donors (Lipinski definition) is 1. The van der Waals surface area contributed by atoms with Crippen molar-refractivity contribution in [3.8, 4) is 5.88 Å². The molecule has 0 amide bonds. The number of thiazole rings is 1. The molecule has 4 rings (SSSR count). The maximum atomic E-state index is 10.8. The number of hydrogen-bond acceptors (Lipinski definition) is 6. The summed E-state index contributed by atoms with van der Waals surface area (Å²) in [6.45, 7) is 7.54. The lowest BCUT2D eigenvalue weighted by molar-refractivity contribution is -0.0764. The van der Waals surface area contributed by atoms with Crippen molar-refractivity contribution >= 4 is 27.9 Å². The van der Waals surface area contributed by atoms with E-state index >= 15 is 0 Å². The number of nitrogens with zero attached hydrogens (tertiary/aromatic N) is 4. The van der Waals surface area contributed by atoms with Gasteiger partial charge >= 0.3 is 0 Å². The molecule has 0 aliphatic carbocycles. The minimum Gasteiger partial charge on any atom is -0.492 e. The van der Waals surface area contributed by atoms with Crippen LogP contribution < -0.4 is 0 Å². The summed E-state index contributed by atoms with van der Waals surface area (Å²) in [6.07, 6.45) is 0.250. The highest BCUT2D eigenvalue weighted by Gasteiger charge is 2.34. The summed E-state index contributed by atoms with van der Waals surface area (Å²) >= 11 is 7.56. The van der Waals surface area contributed by atoms with E-state index in [4.69, 9.17) is 16.3 Å². The van der Waals surface area contributed by atoms with Crippen LogP contribution in [0.15, 0.2) is 24.3 Å². The summed E-state index contributed by atoms with van der Waals surface area (Å²) in [5.41, 5.74) is 1.08. The van der Waals surface area contributed by atoms with E-state index in [0.717, 1.165) is 23.5 Å². The molecule has 1 aliphatic rings. The first kappa shape index (κ1) is 17.7. The van der Waals surface area contributed by atoms with Gasteiger partial charge in [0.2, 0.25) is 10.8 Å². The smallest absolute Gasteiger partial charge is 0.230 e. The normalized spacial score (nSPS) is 22.8.